The van der Waals surface area contributed by atoms with Gasteiger partial charge in [0.2, 0.25) is 15.9 Å². The normalized spacial score (nSPS) is 18.6. The number of benzene rings is 3. The number of rotatable bonds is 10. The number of fused-ring (bicyclic) bond motifs is 1. The number of aryl methyl sites for hydroxylation is 1. The lowest BCUT2D eigenvalue weighted by Gasteiger charge is -2.36. The molecule has 0 aliphatic carbocycles. The highest BCUT2D eigenvalue weighted by Gasteiger charge is 2.32. The first-order valence-corrected chi connectivity index (χ1v) is 19.6. The van der Waals surface area contributed by atoms with Crippen molar-refractivity contribution >= 4 is 27.5 Å². The molecule has 2 N–H and O–H groups in total. The van der Waals surface area contributed by atoms with Crippen molar-refractivity contribution in [1.82, 2.24) is 23.9 Å². The van der Waals surface area contributed by atoms with Gasteiger partial charge in [0.25, 0.3) is 0 Å². The highest BCUT2D eigenvalue weighted by Crippen LogP contribution is 2.36. The third-order valence-electron chi connectivity index (χ3n) is 10.5. The first-order chi connectivity index (χ1) is 23.7. The average molecular weight is 701 g/mol. The summed E-state index contributed by atoms with van der Waals surface area (Å²) < 4.78 is 28.9. The van der Waals surface area contributed by atoms with Crippen molar-refractivity contribution in [3.05, 3.63) is 100 Å². The lowest BCUT2D eigenvalue weighted by molar-refractivity contribution is -0.130. The summed E-state index contributed by atoms with van der Waals surface area (Å²) in [6.45, 7) is 5.35. The predicted molar refractivity (Wildman–Crippen MR) is 195 cm³/mol. The van der Waals surface area contributed by atoms with Crippen LogP contribution in [0.4, 0.5) is 0 Å². The van der Waals surface area contributed by atoms with Crippen LogP contribution in [0.2, 0.25) is 5.02 Å². The number of amides is 1. The van der Waals surface area contributed by atoms with Crippen LogP contribution in [0.15, 0.2) is 72.8 Å². The summed E-state index contributed by atoms with van der Waals surface area (Å²) in [6.07, 6.45) is 6.57. The second kappa shape index (κ2) is 14.4. The van der Waals surface area contributed by atoms with E-state index in [-0.39, 0.29) is 6.54 Å². The molecule has 7 rings (SSSR count). The number of piperidine rings is 1. The van der Waals surface area contributed by atoms with Crippen LogP contribution in [0.1, 0.15) is 60.5 Å². The van der Waals surface area contributed by atoms with E-state index in [0.717, 1.165) is 103 Å². The summed E-state index contributed by atoms with van der Waals surface area (Å²) >= 11 is 6.80. The van der Waals surface area contributed by atoms with E-state index in [9.17, 15) is 13.2 Å². The molecule has 1 atom stereocenters. The molecule has 3 aliphatic heterocycles. The van der Waals surface area contributed by atoms with Crippen LogP contribution in [0.5, 0.6) is 0 Å². The Morgan fingerprint density at radius 3 is 2.41 bits per heavy atom. The van der Waals surface area contributed by atoms with Gasteiger partial charge in [-0.25, -0.2) is 8.42 Å². The van der Waals surface area contributed by atoms with E-state index in [1.54, 1.807) is 0 Å². The van der Waals surface area contributed by atoms with E-state index >= 15 is 0 Å². The smallest absolute Gasteiger partial charge is 0.222 e. The molecule has 258 valence electrons. The SMILES string of the molecule is CS(=O)(=O)N1CCc2c(c(-c3ccc(Cl)c(C(N)c4cccc(-c5ccccc5)c4)c3)nn2CCCN2CCC(N3CCCC3=O)CC2)C1. The number of hydrogen-bond acceptors (Lipinski definition) is 6. The quantitative estimate of drug-likeness (QED) is 0.227. The number of nitrogens with zero attached hydrogens (tertiary/aromatic N) is 5. The maximum atomic E-state index is 12.6. The van der Waals surface area contributed by atoms with E-state index in [1.807, 2.05) is 48.5 Å². The Hall–Kier alpha value is -3.54. The van der Waals surface area contributed by atoms with Crippen LogP contribution in [-0.4, -0.2) is 83.2 Å². The minimum atomic E-state index is -3.37. The van der Waals surface area contributed by atoms with Gasteiger partial charge in [0.05, 0.1) is 18.0 Å². The number of sulfonamides is 1. The molecule has 1 aromatic heterocycles. The van der Waals surface area contributed by atoms with Crippen molar-refractivity contribution in [3.8, 4) is 22.4 Å². The van der Waals surface area contributed by atoms with Gasteiger partial charge >= 0.3 is 0 Å². The molecule has 11 heteroatoms. The van der Waals surface area contributed by atoms with Crippen molar-refractivity contribution in [1.29, 1.82) is 0 Å². The van der Waals surface area contributed by atoms with Gasteiger partial charge in [-0.05, 0) is 72.7 Å². The minimum absolute atomic E-state index is 0.287. The van der Waals surface area contributed by atoms with E-state index < -0.39 is 16.1 Å². The van der Waals surface area contributed by atoms with Crippen LogP contribution in [0, 0.1) is 0 Å². The van der Waals surface area contributed by atoms with Gasteiger partial charge in [-0.2, -0.15) is 9.40 Å². The molecule has 3 aliphatic rings. The Labute approximate surface area is 294 Å². The molecule has 0 saturated carbocycles. The number of carbonyl (C=O) groups is 1. The third kappa shape index (κ3) is 7.35. The van der Waals surface area contributed by atoms with Gasteiger partial charge in [-0.15, -0.1) is 0 Å². The lowest BCUT2D eigenvalue weighted by Crippen LogP contribution is -2.45. The van der Waals surface area contributed by atoms with Crippen molar-refractivity contribution in [2.24, 2.45) is 5.73 Å². The Balaban J connectivity index is 1.11. The van der Waals surface area contributed by atoms with Crippen LogP contribution in [0.25, 0.3) is 22.4 Å². The summed E-state index contributed by atoms with van der Waals surface area (Å²) in [5.41, 5.74) is 14.5. The van der Waals surface area contributed by atoms with Crippen LogP contribution < -0.4 is 5.73 Å². The number of nitrogens with two attached hydrogens (primary N) is 1. The summed E-state index contributed by atoms with van der Waals surface area (Å²) in [5.74, 6) is 0.319. The van der Waals surface area contributed by atoms with E-state index in [2.05, 4.69) is 38.7 Å². The van der Waals surface area contributed by atoms with Crippen molar-refractivity contribution in [2.45, 2.75) is 63.7 Å². The molecule has 4 aromatic rings. The van der Waals surface area contributed by atoms with Crippen molar-refractivity contribution < 1.29 is 13.2 Å². The molecule has 2 saturated heterocycles. The van der Waals surface area contributed by atoms with E-state index in [1.165, 1.54) is 10.6 Å². The summed E-state index contributed by atoms with van der Waals surface area (Å²) in [7, 11) is -3.37. The maximum absolute atomic E-state index is 12.6. The largest absolute Gasteiger partial charge is 0.340 e. The molecule has 4 heterocycles. The minimum Gasteiger partial charge on any atom is -0.340 e. The zero-order valence-electron chi connectivity index (χ0n) is 28.1. The third-order valence-corrected chi connectivity index (χ3v) is 12.1. The van der Waals surface area contributed by atoms with Gasteiger partial charge in [0.15, 0.2) is 0 Å². The van der Waals surface area contributed by atoms with Gasteiger partial charge in [-0.3, -0.25) is 9.48 Å². The Kier molecular flexibility index (Phi) is 9.95. The fraction of sp³-hybridized carbons (Fsp3) is 0.421. The first-order valence-electron chi connectivity index (χ1n) is 17.4. The topological polar surface area (TPSA) is 105 Å². The van der Waals surface area contributed by atoms with Crippen molar-refractivity contribution in [3.63, 3.8) is 0 Å². The molecule has 49 heavy (non-hydrogen) atoms. The summed E-state index contributed by atoms with van der Waals surface area (Å²) in [6, 6.07) is 24.2. The summed E-state index contributed by atoms with van der Waals surface area (Å²) in [5, 5.41) is 5.71. The second-order valence-electron chi connectivity index (χ2n) is 13.7. The highest BCUT2D eigenvalue weighted by atomic mass is 35.5. The van der Waals surface area contributed by atoms with E-state index in [0.29, 0.717) is 36.4 Å². The standard InChI is InChI=1S/C38H45ClN6O3S/c1-49(47,48)43-23-17-35-33(26-43)38(41-45(35)20-7-18-42-21-15-31(16-22-42)44-19-6-12-36(44)46)30-13-14-34(39)32(25-30)37(40)29-11-5-10-28(24-29)27-8-3-2-4-9-27/h2-5,8-11,13-14,24-25,31,37H,6-7,12,15-23,26,40H2,1H3. The zero-order valence-corrected chi connectivity index (χ0v) is 29.7. The zero-order chi connectivity index (χ0) is 34.1. The van der Waals surface area contributed by atoms with Gasteiger partial charge in [0, 0.05) is 80.0 Å². The molecule has 3 aromatic carbocycles. The number of hydrogen-bond donors (Lipinski definition) is 1. The van der Waals surface area contributed by atoms with E-state index in [4.69, 9.17) is 22.4 Å². The van der Waals surface area contributed by atoms with Crippen LogP contribution in [-0.2, 0) is 34.3 Å². The number of halogens is 1. The first kappa shape index (κ1) is 33.9. The van der Waals surface area contributed by atoms with Gasteiger partial charge in [-0.1, -0.05) is 66.2 Å². The van der Waals surface area contributed by atoms with Gasteiger partial charge < -0.3 is 15.5 Å². The molecule has 0 spiro atoms. The average Bonchev–Trinajstić information content (AvgIpc) is 3.71. The molecular weight excluding hydrogens is 656 g/mol. The monoisotopic (exact) mass is 700 g/mol. The highest BCUT2D eigenvalue weighted by molar-refractivity contribution is 7.88. The molecular formula is C38H45ClN6O3S. The maximum Gasteiger partial charge on any atom is 0.222 e. The van der Waals surface area contributed by atoms with Crippen LogP contribution in [0.3, 0.4) is 0 Å². The molecule has 0 radical (unpaired) electrons. The number of aromatic nitrogens is 2. The Bertz CT molecular complexity index is 1920. The number of likely N-dealkylation sites (tertiary alicyclic amines) is 2. The molecule has 1 amide bonds. The molecule has 9 nitrogen and oxygen atoms in total. The summed E-state index contributed by atoms with van der Waals surface area (Å²) in [4.78, 5) is 16.8. The van der Waals surface area contributed by atoms with Crippen LogP contribution >= 0.6 is 11.6 Å². The lowest BCUT2D eigenvalue weighted by atomic mass is 9.93. The fourth-order valence-corrected chi connectivity index (χ4v) is 8.79. The second-order valence-corrected chi connectivity index (χ2v) is 16.1. The van der Waals surface area contributed by atoms with Gasteiger partial charge in [0.1, 0.15) is 0 Å². The number of carbonyl (C=O) groups excluding carboxylic acids is 1. The molecule has 2 fully saturated rings. The molecule has 1 unspecified atom stereocenters. The Morgan fingerprint density at radius 1 is 0.898 bits per heavy atom. The molecule has 0 bridgehead atoms. The van der Waals surface area contributed by atoms with Crippen molar-refractivity contribution in [2.75, 3.05) is 39.0 Å². The fourth-order valence-electron chi connectivity index (χ4n) is 7.77. The Morgan fingerprint density at radius 2 is 1.67 bits per heavy atom. The predicted octanol–water partition coefficient (Wildman–Crippen LogP) is 5.71.